The van der Waals surface area contributed by atoms with E-state index in [9.17, 15) is 0 Å². The van der Waals surface area contributed by atoms with Crippen LogP contribution in [-0.4, -0.2) is 55.2 Å². The number of nitrogens with zero attached hydrogens (tertiary/aromatic N) is 4. The summed E-state index contributed by atoms with van der Waals surface area (Å²) in [5.74, 6) is 1.58. The lowest BCUT2D eigenvalue weighted by atomic mass is 10.2. The minimum Gasteiger partial charge on any atom is -0.493 e. The van der Waals surface area contributed by atoms with Crippen LogP contribution in [0.2, 0.25) is 0 Å². The van der Waals surface area contributed by atoms with Gasteiger partial charge in [-0.25, -0.2) is 4.98 Å². The minimum atomic E-state index is 0. The molecule has 0 aliphatic carbocycles. The molecule has 1 fully saturated rings. The third-order valence-corrected chi connectivity index (χ3v) is 5.05. The largest absolute Gasteiger partial charge is 0.493 e. The number of benzene rings is 1. The smallest absolute Gasteiger partial charge is 0.191 e. The first-order chi connectivity index (χ1) is 12.2. The Morgan fingerprint density at radius 3 is 2.73 bits per heavy atom. The molecule has 2 heterocycles. The number of piperazine rings is 1. The van der Waals surface area contributed by atoms with Crippen LogP contribution in [0.4, 0.5) is 5.13 Å². The van der Waals surface area contributed by atoms with Gasteiger partial charge in [-0.1, -0.05) is 18.2 Å². The molecule has 6 nitrogen and oxygen atoms in total. The third-order valence-electron chi connectivity index (χ3n) is 4.22. The first-order valence-corrected chi connectivity index (χ1v) is 9.50. The number of aryl methyl sites for hydroxylation is 1. The summed E-state index contributed by atoms with van der Waals surface area (Å²) in [5.41, 5.74) is 7.29. The molecule has 0 unspecified atom stereocenters. The molecule has 0 amide bonds. The van der Waals surface area contributed by atoms with Gasteiger partial charge in [0.05, 0.1) is 6.61 Å². The van der Waals surface area contributed by atoms with Gasteiger partial charge in [-0.2, -0.15) is 0 Å². The van der Waals surface area contributed by atoms with E-state index >= 15 is 0 Å². The molecule has 0 bridgehead atoms. The summed E-state index contributed by atoms with van der Waals surface area (Å²) < 4.78 is 5.78. The number of anilines is 1. The number of hydrogen-bond donors (Lipinski definition) is 1. The molecule has 0 saturated carbocycles. The van der Waals surface area contributed by atoms with Crippen molar-refractivity contribution in [3.05, 3.63) is 41.4 Å². The van der Waals surface area contributed by atoms with Crippen LogP contribution in [0.25, 0.3) is 0 Å². The van der Waals surface area contributed by atoms with Crippen LogP contribution in [0, 0.1) is 6.92 Å². The SMILES string of the molecule is Cc1ccccc1OCCCN=C(N)N1CCN(c2nccs2)CC1.I. The summed E-state index contributed by atoms with van der Waals surface area (Å²) in [4.78, 5) is 13.3. The molecule has 1 aliphatic rings. The average molecular weight is 487 g/mol. The topological polar surface area (TPSA) is 67.0 Å². The molecule has 0 spiro atoms. The van der Waals surface area contributed by atoms with Crippen molar-refractivity contribution in [1.82, 2.24) is 9.88 Å². The monoisotopic (exact) mass is 487 g/mol. The van der Waals surface area contributed by atoms with E-state index in [-0.39, 0.29) is 24.0 Å². The molecular weight excluding hydrogens is 461 g/mol. The number of halogens is 1. The zero-order chi connectivity index (χ0) is 17.5. The van der Waals surface area contributed by atoms with E-state index in [1.54, 1.807) is 11.3 Å². The van der Waals surface area contributed by atoms with Gasteiger partial charge in [-0.3, -0.25) is 4.99 Å². The Hall–Kier alpha value is -1.55. The Bertz CT molecular complexity index is 687. The molecule has 1 saturated heterocycles. The number of aromatic nitrogens is 1. The first kappa shape index (κ1) is 20.8. The van der Waals surface area contributed by atoms with Crippen molar-refractivity contribution < 1.29 is 4.74 Å². The molecule has 2 N–H and O–H groups in total. The quantitative estimate of drug-likeness (QED) is 0.294. The maximum absolute atomic E-state index is 6.13. The van der Waals surface area contributed by atoms with Gasteiger partial charge in [0.1, 0.15) is 5.75 Å². The van der Waals surface area contributed by atoms with Gasteiger partial charge in [-0.05, 0) is 18.6 Å². The number of guanidine groups is 1. The molecular formula is C18H26IN5OS. The van der Waals surface area contributed by atoms with Gasteiger partial charge in [0.25, 0.3) is 0 Å². The third kappa shape index (κ3) is 5.73. The van der Waals surface area contributed by atoms with Gasteiger partial charge < -0.3 is 20.3 Å². The molecule has 8 heteroatoms. The van der Waals surface area contributed by atoms with E-state index in [1.165, 1.54) is 0 Å². The van der Waals surface area contributed by atoms with Gasteiger partial charge in [-0.15, -0.1) is 35.3 Å². The predicted molar refractivity (Wildman–Crippen MR) is 119 cm³/mol. The lowest BCUT2D eigenvalue weighted by molar-refractivity contribution is 0.311. The van der Waals surface area contributed by atoms with Crippen molar-refractivity contribution in [2.24, 2.45) is 10.7 Å². The lowest BCUT2D eigenvalue weighted by Crippen LogP contribution is -2.51. The molecule has 1 aliphatic heterocycles. The van der Waals surface area contributed by atoms with E-state index in [0.717, 1.165) is 49.0 Å². The number of rotatable bonds is 6. The lowest BCUT2D eigenvalue weighted by Gasteiger charge is -2.35. The van der Waals surface area contributed by atoms with Crippen molar-refractivity contribution in [2.75, 3.05) is 44.2 Å². The number of hydrogen-bond acceptors (Lipinski definition) is 5. The highest BCUT2D eigenvalue weighted by Crippen LogP contribution is 2.19. The van der Waals surface area contributed by atoms with Crippen molar-refractivity contribution in [3.8, 4) is 5.75 Å². The predicted octanol–water partition coefficient (Wildman–Crippen LogP) is 2.98. The summed E-state index contributed by atoms with van der Waals surface area (Å²) in [7, 11) is 0. The molecule has 0 atom stereocenters. The second-order valence-corrected chi connectivity index (χ2v) is 6.87. The van der Waals surface area contributed by atoms with Crippen LogP contribution in [0.3, 0.4) is 0 Å². The van der Waals surface area contributed by atoms with Crippen LogP contribution in [0.15, 0.2) is 40.8 Å². The van der Waals surface area contributed by atoms with Crippen LogP contribution >= 0.6 is 35.3 Å². The molecule has 3 rings (SSSR count). The molecule has 1 aromatic carbocycles. The fourth-order valence-corrected chi connectivity index (χ4v) is 3.45. The van der Waals surface area contributed by atoms with E-state index in [2.05, 4.69) is 32.8 Å². The second-order valence-electron chi connectivity index (χ2n) is 6.00. The fourth-order valence-electron chi connectivity index (χ4n) is 2.76. The van der Waals surface area contributed by atoms with Crippen LogP contribution in [0.5, 0.6) is 5.75 Å². The highest BCUT2D eigenvalue weighted by atomic mass is 127. The van der Waals surface area contributed by atoms with Crippen molar-refractivity contribution in [1.29, 1.82) is 0 Å². The first-order valence-electron chi connectivity index (χ1n) is 8.62. The van der Waals surface area contributed by atoms with E-state index < -0.39 is 0 Å². The van der Waals surface area contributed by atoms with Crippen molar-refractivity contribution in [2.45, 2.75) is 13.3 Å². The average Bonchev–Trinajstić information content (AvgIpc) is 3.17. The zero-order valence-corrected chi connectivity index (χ0v) is 18.2. The van der Waals surface area contributed by atoms with Crippen molar-refractivity contribution in [3.63, 3.8) is 0 Å². The Morgan fingerprint density at radius 2 is 2.04 bits per heavy atom. The van der Waals surface area contributed by atoms with Gasteiger partial charge in [0.2, 0.25) is 0 Å². The summed E-state index contributed by atoms with van der Waals surface area (Å²) in [6.07, 6.45) is 2.70. The van der Waals surface area contributed by atoms with E-state index in [4.69, 9.17) is 10.5 Å². The van der Waals surface area contributed by atoms with Crippen molar-refractivity contribution >= 4 is 46.4 Å². The van der Waals surface area contributed by atoms with Crippen LogP contribution < -0.4 is 15.4 Å². The van der Waals surface area contributed by atoms with Crippen LogP contribution in [-0.2, 0) is 0 Å². The minimum absolute atomic E-state index is 0. The highest BCUT2D eigenvalue weighted by molar-refractivity contribution is 14.0. The molecule has 0 radical (unpaired) electrons. The number of aliphatic imine (C=N–C) groups is 1. The van der Waals surface area contributed by atoms with Gasteiger partial charge >= 0.3 is 0 Å². The van der Waals surface area contributed by atoms with Gasteiger partial charge in [0, 0.05) is 50.7 Å². The van der Waals surface area contributed by atoms with Gasteiger partial charge in [0.15, 0.2) is 11.1 Å². The number of para-hydroxylation sites is 1. The van der Waals surface area contributed by atoms with E-state index in [0.29, 0.717) is 19.1 Å². The number of nitrogens with two attached hydrogens (primary N) is 1. The molecule has 26 heavy (non-hydrogen) atoms. The summed E-state index contributed by atoms with van der Waals surface area (Å²) in [6.45, 7) is 7.02. The standard InChI is InChI=1S/C18H25N5OS.HI/c1-15-5-2-3-6-16(15)24-13-4-7-20-17(19)22-9-11-23(12-10-22)18-21-8-14-25-18;/h2-3,5-6,8,14H,4,7,9-13H2,1H3,(H2,19,20);1H. The number of ether oxygens (including phenoxy) is 1. The Labute approximate surface area is 176 Å². The zero-order valence-electron chi connectivity index (χ0n) is 15.0. The maximum Gasteiger partial charge on any atom is 0.191 e. The maximum atomic E-state index is 6.13. The molecule has 1 aromatic heterocycles. The fraction of sp³-hybridized carbons (Fsp3) is 0.444. The Balaban J connectivity index is 0.00000243. The Morgan fingerprint density at radius 1 is 1.27 bits per heavy atom. The number of thiazole rings is 1. The molecule has 142 valence electrons. The summed E-state index contributed by atoms with van der Waals surface area (Å²) in [6, 6.07) is 8.05. The summed E-state index contributed by atoms with van der Waals surface area (Å²) in [5, 5.41) is 3.10. The van der Waals surface area contributed by atoms with Crippen LogP contribution in [0.1, 0.15) is 12.0 Å². The highest BCUT2D eigenvalue weighted by Gasteiger charge is 2.19. The van der Waals surface area contributed by atoms with E-state index in [1.807, 2.05) is 29.8 Å². The normalized spacial score (nSPS) is 14.9. The Kier molecular flexibility index (Phi) is 8.43. The second kappa shape index (κ2) is 10.6. The molecule has 2 aromatic rings. The summed E-state index contributed by atoms with van der Waals surface area (Å²) >= 11 is 1.68.